The Morgan fingerprint density at radius 1 is 1.04 bits per heavy atom. The SMILES string of the molecule is COc1ccc(CCNC(=O)c2cc(Nc3cccc(C)c3)ccn2)cc1. The summed E-state index contributed by atoms with van der Waals surface area (Å²) in [5.41, 5.74) is 4.51. The second-order valence-corrected chi connectivity index (χ2v) is 6.28. The fourth-order valence-electron chi connectivity index (χ4n) is 2.73. The second-order valence-electron chi connectivity index (χ2n) is 6.28. The number of amides is 1. The van der Waals surface area contributed by atoms with E-state index in [2.05, 4.69) is 21.7 Å². The first-order chi connectivity index (χ1) is 13.1. The first-order valence-electron chi connectivity index (χ1n) is 8.85. The van der Waals surface area contributed by atoms with Crippen molar-refractivity contribution < 1.29 is 9.53 Å². The summed E-state index contributed by atoms with van der Waals surface area (Å²) in [7, 11) is 1.64. The summed E-state index contributed by atoms with van der Waals surface area (Å²) >= 11 is 0. The van der Waals surface area contributed by atoms with E-state index in [-0.39, 0.29) is 5.91 Å². The van der Waals surface area contributed by atoms with Crippen molar-refractivity contribution in [2.75, 3.05) is 19.0 Å². The van der Waals surface area contributed by atoms with Gasteiger partial charge in [0.1, 0.15) is 11.4 Å². The maximum atomic E-state index is 12.4. The summed E-state index contributed by atoms with van der Waals surface area (Å²) < 4.78 is 5.15. The van der Waals surface area contributed by atoms with Gasteiger partial charge in [0.05, 0.1) is 7.11 Å². The average Bonchev–Trinajstić information content (AvgIpc) is 2.69. The monoisotopic (exact) mass is 361 g/mol. The van der Waals surface area contributed by atoms with Crippen molar-refractivity contribution in [1.82, 2.24) is 10.3 Å². The molecule has 0 aliphatic rings. The van der Waals surface area contributed by atoms with Gasteiger partial charge in [0, 0.05) is 24.1 Å². The Morgan fingerprint density at radius 2 is 1.81 bits per heavy atom. The Morgan fingerprint density at radius 3 is 2.56 bits per heavy atom. The highest BCUT2D eigenvalue weighted by Crippen LogP contribution is 2.18. The van der Waals surface area contributed by atoms with Crippen LogP contribution in [0.2, 0.25) is 0 Å². The molecule has 2 N–H and O–H groups in total. The van der Waals surface area contributed by atoms with Crippen molar-refractivity contribution in [1.29, 1.82) is 0 Å². The van der Waals surface area contributed by atoms with Crippen LogP contribution in [0, 0.1) is 6.92 Å². The second kappa shape index (κ2) is 8.85. The maximum Gasteiger partial charge on any atom is 0.269 e. The third-order valence-electron chi connectivity index (χ3n) is 4.16. The highest BCUT2D eigenvalue weighted by molar-refractivity contribution is 5.93. The molecule has 0 radical (unpaired) electrons. The quantitative estimate of drug-likeness (QED) is 0.665. The number of aromatic nitrogens is 1. The van der Waals surface area contributed by atoms with Crippen LogP contribution in [0.25, 0.3) is 0 Å². The Hall–Kier alpha value is -3.34. The molecular formula is C22H23N3O2. The lowest BCUT2D eigenvalue weighted by Crippen LogP contribution is -2.26. The Kier molecular flexibility index (Phi) is 6.05. The zero-order valence-corrected chi connectivity index (χ0v) is 15.5. The highest BCUT2D eigenvalue weighted by Gasteiger charge is 2.08. The molecule has 1 aromatic heterocycles. The number of nitrogens with zero attached hydrogens (tertiary/aromatic N) is 1. The van der Waals surface area contributed by atoms with Gasteiger partial charge in [-0.3, -0.25) is 9.78 Å². The molecule has 3 aromatic rings. The van der Waals surface area contributed by atoms with Crippen LogP contribution in [0.1, 0.15) is 21.6 Å². The zero-order valence-electron chi connectivity index (χ0n) is 15.5. The van der Waals surface area contributed by atoms with E-state index in [4.69, 9.17) is 4.74 Å². The van der Waals surface area contributed by atoms with Gasteiger partial charge in [-0.05, 0) is 60.9 Å². The Bertz CT molecular complexity index is 907. The number of carbonyl (C=O) groups excluding carboxylic acids is 1. The smallest absolute Gasteiger partial charge is 0.269 e. The molecule has 5 heteroatoms. The van der Waals surface area contributed by atoms with E-state index < -0.39 is 0 Å². The number of pyridine rings is 1. The molecule has 27 heavy (non-hydrogen) atoms. The van der Waals surface area contributed by atoms with E-state index in [9.17, 15) is 4.79 Å². The highest BCUT2D eigenvalue weighted by atomic mass is 16.5. The van der Waals surface area contributed by atoms with Crippen molar-refractivity contribution in [3.63, 3.8) is 0 Å². The molecule has 0 aliphatic carbocycles. The number of rotatable bonds is 7. The summed E-state index contributed by atoms with van der Waals surface area (Å²) in [6.45, 7) is 2.59. The number of aryl methyl sites for hydroxylation is 1. The lowest BCUT2D eigenvalue weighted by molar-refractivity contribution is 0.0949. The minimum absolute atomic E-state index is 0.184. The normalized spacial score (nSPS) is 10.3. The molecule has 138 valence electrons. The number of benzene rings is 2. The predicted octanol–water partition coefficient (Wildman–Crippen LogP) is 4.11. The molecule has 2 aromatic carbocycles. The van der Waals surface area contributed by atoms with Crippen molar-refractivity contribution in [3.05, 3.63) is 83.7 Å². The van der Waals surface area contributed by atoms with Crippen LogP contribution >= 0.6 is 0 Å². The molecule has 0 saturated heterocycles. The topological polar surface area (TPSA) is 63.2 Å². The fraction of sp³-hybridized carbons (Fsp3) is 0.182. The molecule has 5 nitrogen and oxygen atoms in total. The van der Waals surface area contributed by atoms with Crippen LogP contribution in [-0.2, 0) is 6.42 Å². The summed E-state index contributed by atoms with van der Waals surface area (Å²) in [5.74, 6) is 0.640. The van der Waals surface area contributed by atoms with E-state index in [0.717, 1.165) is 29.1 Å². The molecular weight excluding hydrogens is 338 g/mol. The van der Waals surface area contributed by atoms with Gasteiger partial charge < -0.3 is 15.4 Å². The molecule has 1 amide bonds. The van der Waals surface area contributed by atoms with Gasteiger partial charge in [-0.2, -0.15) is 0 Å². The van der Waals surface area contributed by atoms with Crippen molar-refractivity contribution >= 4 is 17.3 Å². The first kappa shape index (κ1) is 18.5. The third-order valence-corrected chi connectivity index (χ3v) is 4.16. The molecule has 0 unspecified atom stereocenters. The Labute approximate surface area is 159 Å². The number of carbonyl (C=O) groups is 1. The third kappa shape index (κ3) is 5.31. The van der Waals surface area contributed by atoms with Crippen molar-refractivity contribution in [2.45, 2.75) is 13.3 Å². The molecule has 0 atom stereocenters. The van der Waals surface area contributed by atoms with Gasteiger partial charge in [0.2, 0.25) is 0 Å². The van der Waals surface area contributed by atoms with E-state index in [0.29, 0.717) is 12.2 Å². The standard InChI is InChI=1S/C22H23N3O2/c1-16-4-3-5-18(14-16)25-19-11-13-23-21(15-19)22(26)24-12-10-17-6-8-20(27-2)9-7-17/h3-9,11,13-15H,10,12H2,1-2H3,(H,23,25)(H,24,26). The minimum atomic E-state index is -0.184. The number of methoxy groups -OCH3 is 1. The summed E-state index contributed by atoms with van der Waals surface area (Å²) in [5, 5.41) is 6.22. The van der Waals surface area contributed by atoms with E-state index in [1.54, 1.807) is 19.4 Å². The summed E-state index contributed by atoms with van der Waals surface area (Å²) in [6.07, 6.45) is 2.38. The number of hydrogen-bond donors (Lipinski definition) is 2. The van der Waals surface area contributed by atoms with Gasteiger partial charge in [-0.15, -0.1) is 0 Å². The summed E-state index contributed by atoms with van der Waals surface area (Å²) in [6, 6.07) is 19.5. The zero-order chi connectivity index (χ0) is 19.1. The van der Waals surface area contributed by atoms with Crippen LogP contribution in [0.3, 0.4) is 0 Å². The molecule has 1 heterocycles. The minimum Gasteiger partial charge on any atom is -0.497 e. The van der Waals surface area contributed by atoms with Crippen molar-refractivity contribution in [2.24, 2.45) is 0 Å². The van der Waals surface area contributed by atoms with Crippen LogP contribution < -0.4 is 15.4 Å². The van der Waals surface area contributed by atoms with Gasteiger partial charge in [0.25, 0.3) is 5.91 Å². The molecule has 3 rings (SSSR count). The van der Waals surface area contributed by atoms with E-state index >= 15 is 0 Å². The number of nitrogens with one attached hydrogen (secondary N) is 2. The lowest BCUT2D eigenvalue weighted by atomic mass is 10.1. The lowest BCUT2D eigenvalue weighted by Gasteiger charge is -2.09. The average molecular weight is 361 g/mol. The van der Waals surface area contributed by atoms with E-state index in [1.807, 2.05) is 55.5 Å². The van der Waals surface area contributed by atoms with Gasteiger partial charge in [-0.25, -0.2) is 0 Å². The molecule has 0 fully saturated rings. The number of ether oxygens (including phenoxy) is 1. The van der Waals surface area contributed by atoms with Gasteiger partial charge >= 0.3 is 0 Å². The Balaban J connectivity index is 1.56. The maximum absolute atomic E-state index is 12.4. The van der Waals surface area contributed by atoms with Crippen LogP contribution in [0.15, 0.2) is 66.9 Å². The number of hydrogen-bond acceptors (Lipinski definition) is 4. The van der Waals surface area contributed by atoms with Crippen molar-refractivity contribution in [3.8, 4) is 5.75 Å². The van der Waals surface area contributed by atoms with Crippen LogP contribution in [0.5, 0.6) is 5.75 Å². The van der Waals surface area contributed by atoms with Gasteiger partial charge in [-0.1, -0.05) is 24.3 Å². The summed E-state index contributed by atoms with van der Waals surface area (Å²) in [4.78, 5) is 16.6. The molecule has 0 bridgehead atoms. The molecule has 0 spiro atoms. The first-order valence-corrected chi connectivity index (χ1v) is 8.85. The molecule has 0 saturated carbocycles. The number of anilines is 2. The molecule has 0 aliphatic heterocycles. The van der Waals surface area contributed by atoms with Crippen LogP contribution in [-0.4, -0.2) is 24.5 Å². The van der Waals surface area contributed by atoms with E-state index in [1.165, 1.54) is 5.56 Å². The fourth-order valence-corrected chi connectivity index (χ4v) is 2.73. The predicted molar refractivity (Wildman–Crippen MR) is 108 cm³/mol. The largest absolute Gasteiger partial charge is 0.497 e. The van der Waals surface area contributed by atoms with Crippen LogP contribution in [0.4, 0.5) is 11.4 Å². The van der Waals surface area contributed by atoms with Gasteiger partial charge in [0.15, 0.2) is 0 Å².